The largest absolute Gasteiger partial charge is 0.272 e. The van der Waals surface area contributed by atoms with E-state index in [1.54, 1.807) is 36.4 Å². The maximum Gasteiger partial charge on any atom is 0.272 e. The predicted octanol–water partition coefficient (Wildman–Crippen LogP) is 4.11. The van der Waals surface area contributed by atoms with Gasteiger partial charge in [0.15, 0.2) is 0 Å². The molecular weight excluding hydrogens is 391 g/mol. The van der Waals surface area contributed by atoms with Gasteiger partial charge >= 0.3 is 0 Å². The summed E-state index contributed by atoms with van der Waals surface area (Å²) in [5.41, 5.74) is 3.10. The molecule has 2 aromatic rings. The Labute approximate surface area is 132 Å². The monoisotopic (exact) mass is 398 g/mol. The molecule has 0 atom stereocenters. The van der Waals surface area contributed by atoms with Crippen LogP contribution in [-0.2, 0) is 0 Å². The molecule has 0 aliphatic carbocycles. The average Bonchev–Trinajstić information content (AvgIpc) is 2.41. The van der Waals surface area contributed by atoms with Crippen molar-refractivity contribution < 1.29 is 9.18 Å². The third-order valence-corrected chi connectivity index (χ3v) is 3.64. The van der Waals surface area contributed by atoms with Gasteiger partial charge in [0, 0.05) is 14.5 Å². The summed E-state index contributed by atoms with van der Waals surface area (Å²) in [5.74, 6) is -0.787. The first-order valence-electron chi connectivity index (χ1n) is 5.61. The molecule has 0 bridgehead atoms. The zero-order valence-corrected chi connectivity index (χ0v) is 13.3. The number of carbonyl (C=O) groups excluding carboxylic acids is 1. The van der Waals surface area contributed by atoms with Gasteiger partial charge in [0.25, 0.3) is 5.91 Å². The highest BCUT2D eigenvalue weighted by Gasteiger charge is 2.07. The molecule has 0 heterocycles. The number of carbonyl (C=O) groups is 1. The Morgan fingerprint density at radius 2 is 1.95 bits per heavy atom. The minimum absolute atomic E-state index is 0.292. The Kier molecular flexibility index (Phi) is 5.03. The quantitative estimate of drug-likeness (QED) is 0.612. The van der Waals surface area contributed by atoms with Crippen LogP contribution < -0.4 is 5.43 Å². The van der Waals surface area contributed by atoms with Crippen LogP contribution in [-0.4, -0.2) is 12.1 Å². The standard InChI is InChI=1S/C14H9Br2FN2O/c15-10-6-5-9(13(17)7-10)8-18-19-14(20)11-3-1-2-4-12(11)16/h1-8H,(H,19,20)/b18-8-. The van der Waals surface area contributed by atoms with Gasteiger partial charge in [-0.3, -0.25) is 4.79 Å². The third-order valence-electron chi connectivity index (χ3n) is 2.45. The van der Waals surface area contributed by atoms with E-state index < -0.39 is 5.82 Å². The molecule has 3 nitrogen and oxygen atoms in total. The Balaban J connectivity index is 2.07. The van der Waals surface area contributed by atoms with Crippen molar-refractivity contribution in [3.05, 3.63) is 68.4 Å². The van der Waals surface area contributed by atoms with E-state index in [0.717, 1.165) is 0 Å². The summed E-state index contributed by atoms with van der Waals surface area (Å²) in [6.45, 7) is 0. The predicted molar refractivity (Wildman–Crippen MR) is 83.3 cm³/mol. The smallest absolute Gasteiger partial charge is 0.267 e. The fourth-order valence-electron chi connectivity index (χ4n) is 1.47. The Hall–Kier alpha value is -1.53. The molecular formula is C14H9Br2FN2O. The third kappa shape index (κ3) is 3.74. The number of nitrogens with one attached hydrogen (secondary N) is 1. The molecule has 20 heavy (non-hydrogen) atoms. The molecule has 2 aromatic carbocycles. The van der Waals surface area contributed by atoms with Crippen molar-refractivity contribution in [3.8, 4) is 0 Å². The molecule has 6 heteroatoms. The van der Waals surface area contributed by atoms with E-state index >= 15 is 0 Å². The lowest BCUT2D eigenvalue weighted by Crippen LogP contribution is -2.18. The van der Waals surface area contributed by atoms with Gasteiger partial charge in [0.1, 0.15) is 5.82 Å². The van der Waals surface area contributed by atoms with E-state index in [1.807, 2.05) is 0 Å². The zero-order valence-electron chi connectivity index (χ0n) is 10.1. The van der Waals surface area contributed by atoms with Crippen molar-refractivity contribution in [1.82, 2.24) is 5.43 Å². The summed E-state index contributed by atoms with van der Waals surface area (Å²) in [6, 6.07) is 11.6. The van der Waals surface area contributed by atoms with E-state index in [1.165, 1.54) is 12.3 Å². The first-order chi connectivity index (χ1) is 9.58. The molecule has 2 rings (SSSR count). The highest BCUT2D eigenvalue weighted by molar-refractivity contribution is 9.10. The van der Waals surface area contributed by atoms with Crippen LogP contribution in [0.2, 0.25) is 0 Å². The number of benzene rings is 2. The molecule has 0 aliphatic heterocycles. The number of amides is 1. The van der Waals surface area contributed by atoms with Crippen LogP contribution in [0.15, 0.2) is 56.5 Å². The van der Waals surface area contributed by atoms with E-state index in [9.17, 15) is 9.18 Å². The van der Waals surface area contributed by atoms with Gasteiger partial charge in [-0.2, -0.15) is 5.10 Å². The van der Waals surface area contributed by atoms with E-state index in [4.69, 9.17) is 0 Å². The van der Waals surface area contributed by atoms with E-state index in [-0.39, 0.29) is 5.91 Å². The molecule has 1 N–H and O–H groups in total. The summed E-state index contributed by atoms with van der Waals surface area (Å²) in [6.07, 6.45) is 1.26. The van der Waals surface area contributed by atoms with Crippen molar-refractivity contribution in [2.45, 2.75) is 0 Å². The molecule has 0 aromatic heterocycles. The summed E-state index contributed by atoms with van der Waals surface area (Å²) in [5, 5.41) is 3.75. The Morgan fingerprint density at radius 3 is 2.65 bits per heavy atom. The second-order valence-corrected chi connectivity index (χ2v) is 5.61. The molecule has 0 aliphatic rings. The first-order valence-corrected chi connectivity index (χ1v) is 7.19. The van der Waals surface area contributed by atoms with Gasteiger partial charge in [-0.1, -0.05) is 28.1 Å². The van der Waals surface area contributed by atoms with Gasteiger partial charge in [-0.15, -0.1) is 0 Å². The SMILES string of the molecule is O=C(N/N=C\c1ccc(Br)cc1F)c1ccccc1Br. The van der Waals surface area contributed by atoms with Crippen LogP contribution in [0, 0.1) is 5.82 Å². The van der Waals surface area contributed by atoms with Crippen LogP contribution in [0.3, 0.4) is 0 Å². The topological polar surface area (TPSA) is 41.5 Å². The lowest BCUT2D eigenvalue weighted by molar-refractivity contribution is 0.0954. The van der Waals surface area contributed by atoms with Gasteiger partial charge in [0.05, 0.1) is 11.8 Å². The minimum atomic E-state index is -0.418. The maximum atomic E-state index is 13.5. The van der Waals surface area contributed by atoms with Gasteiger partial charge in [0.2, 0.25) is 0 Å². The van der Waals surface area contributed by atoms with Crippen LogP contribution in [0.25, 0.3) is 0 Å². The van der Waals surface area contributed by atoms with Crippen LogP contribution in [0.5, 0.6) is 0 Å². The van der Waals surface area contributed by atoms with Gasteiger partial charge in [-0.05, 0) is 46.3 Å². The summed E-state index contributed by atoms with van der Waals surface area (Å²) in [7, 11) is 0. The molecule has 0 unspecified atom stereocenters. The van der Waals surface area contributed by atoms with Crippen LogP contribution >= 0.6 is 31.9 Å². The molecule has 0 saturated heterocycles. The summed E-state index contributed by atoms with van der Waals surface area (Å²) < 4.78 is 14.8. The minimum Gasteiger partial charge on any atom is -0.267 e. The number of nitrogens with zero attached hydrogens (tertiary/aromatic N) is 1. The highest BCUT2D eigenvalue weighted by Crippen LogP contribution is 2.16. The fourth-order valence-corrected chi connectivity index (χ4v) is 2.27. The summed E-state index contributed by atoms with van der Waals surface area (Å²) >= 11 is 6.44. The van der Waals surface area contributed by atoms with Crippen molar-refractivity contribution >= 4 is 44.0 Å². The zero-order chi connectivity index (χ0) is 14.5. The fraction of sp³-hybridized carbons (Fsp3) is 0. The van der Waals surface area contributed by atoms with E-state index in [2.05, 4.69) is 42.4 Å². The van der Waals surface area contributed by atoms with Crippen molar-refractivity contribution in [2.75, 3.05) is 0 Å². The molecule has 0 fully saturated rings. The van der Waals surface area contributed by atoms with Crippen LogP contribution in [0.4, 0.5) is 4.39 Å². The average molecular weight is 400 g/mol. The number of halogens is 3. The summed E-state index contributed by atoms with van der Waals surface area (Å²) in [4.78, 5) is 11.8. The van der Waals surface area contributed by atoms with E-state index in [0.29, 0.717) is 20.1 Å². The van der Waals surface area contributed by atoms with Gasteiger partial charge in [-0.25, -0.2) is 9.82 Å². The normalized spacial score (nSPS) is 10.8. The lowest BCUT2D eigenvalue weighted by Gasteiger charge is -2.02. The maximum absolute atomic E-state index is 13.5. The molecule has 0 saturated carbocycles. The van der Waals surface area contributed by atoms with Gasteiger partial charge < -0.3 is 0 Å². The van der Waals surface area contributed by atoms with Crippen molar-refractivity contribution in [2.24, 2.45) is 5.10 Å². The second-order valence-electron chi connectivity index (χ2n) is 3.84. The van der Waals surface area contributed by atoms with Crippen LogP contribution in [0.1, 0.15) is 15.9 Å². The Bertz CT molecular complexity index is 674. The molecule has 0 spiro atoms. The number of rotatable bonds is 3. The highest BCUT2D eigenvalue weighted by atomic mass is 79.9. The Morgan fingerprint density at radius 1 is 1.20 bits per heavy atom. The number of hydrogen-bond acceptors (Lipinski definition) is 2. The van der Waals surface area contributed by atoms with Crippen molar-refractivity contribution in [3.63, 3.8) is 0 Å². The molecule has 0 radical (unpaired) electrons. The second kappa shape index (κ2) is 6.76. The molecule has 1 amide bonds. The molecule has 102 valence electrons. The number of hydrazone groups is 1. The first kappa shape index (κ1) is 14.9. The van der Waals surface area contributed by atoms with Crippen molar-refractivity contribution in [1.29, 1.82) is 0 Å². The number of hydrogen-bond donors (Lipinski definition) is 1. The lowest BCUT2D eigenvalue weighted by atomic mass is 10.2.